The Morgan fingerprint density at radius 2 is 1.90 bits per heavy atom. The molecule has 2 atom stereocenters. The van der Waals surface area contributed by atoms with E-state index < -0.39 is 63.8 Å². The van der Waals surface area contributed by atoms with E-state index in [2.05, 4.69) is 41.4 Å². The Labute approximate surface area is 345 Å². The van der Waals surface area contributed by atoms with Crippen molar-refractivity contribution in [2.45, 2.75) is 61.8 Å². The second kappa shape index (κ2) is 16.7. The second-order valence-electron chi connectivity index (χ2n) is 13.2. The monoisotopic (exact) mass is 875 g/mol. The number of carboxylic acids is 1. The smallest absolute Gasteiger partial charge is 0.352 e. The fourth-order valence-corrected chi connectivity index (χ4v) is 9.27. The number of carboxylic acid groups (broad SMARTS) is 1. The van der Waals surface area contributed by atoms with Crippen LogP contribution in [0.2, 0.25) is 0 Å². The molecule has 0 saturated carbocycles. The number of aromatic nitrogens is 5. The van der Waals surface area contributed by atoms with Gasteiger partial charge >= 0.3 is 5.97 Å². The quantitative estimate of drug-likeness (QED) is 0.0240. The molecule has 9 N–H and O–H groups in total. The van der Waals surface area contributed by atoms with Crippen LogP contribution >= 0.6 is 47.3 Å². The maximum atomic E-state index is 13.7. The van der Waals surface area contributed by atoms with Crippen LogP contribution in [0.5, 0.6) is 11.5 Å². The first kappa shape index (κ1) is 41.9. The molecule has 1 saturated heterocycles. The molecule has 1 unspecified atom stereocenters. The summed E-state index contributed by atoms with van der Waals surface area (Å²) in [7, 11) is 0. The average Bonchev–Trinajstić information content (AvgIpc) is 3.94. The van der Waals surface area contributed by atoms with Crippen molar-refractivity contribution in [3.05, 3.63) is 63.2 Å². The van der Waals surface area contributed by atoms with Crippen LogP contribution in [0.4, 0.5) is 5.13 Å². The topological polar surface area (TPSA) is 309 Å². The van der Waals surface area contributed by atoms with Gasteiger partial charge in [0.15, 0.2) is 28.2 Å². The van der Waals surface area contributed by atoms with Gasteiger partial charge in [-0.15, -0.1) is 52.4 Å². The Balaban J connectivity index is 0.00000567. The zero-order valence-electron chi connectivity index (χ0n) is 30.3. The van der Waals surface area contributed by atoms with Gasteiger partial charge in [0, 0.05) is 28.0 Å². The number of thiazole rings is 1. The third-order valence-electron chi connectivity index (χ3n) is 8.99. The van der Waals surface area contributed by atoms with Gasteiger partial charge in [-0.1, -0.05) is 5.16 Å². The molecule has 25 heteroatoms. The Morgan fingerprint density at radius 3 is 2.59 bits per heavy atom. The van der Waals surface area contributed by atoms with E-state index in [-0.39, 0.29) is 58.4 Å². The summed E-state index contributed by atoms with van der Waals surface area (Å²) < 4.78 is 1.55. The molecule has 58 heavy (non-hydrogen) atoms. The number of carbonyl (C=O) groups excluding carboxylic acids is 4. The van der Waals surface area contributed by atoms with Gasteiger partial charge in [0.2, 0.25) is 5.60 Å². The molecule has 3 aliphatic rings. The Hall–Kier alpha value is -5.69. The number of aliphatic hydroxyl groups excluding tert-OH is 1. The molecule has 4 amide bonds. The van der Waals surface area contributed by atoms with E-state index in [1.165, 1.54) is 48.8 Å². The van der Waals surface area contributed by atoms with Gasteiger partial charge in [-0.05, 0) is 56.9 Å². The Morgan fingerprint density at radius 1 is 1.12 bits per heavy atom. The summed E-state index contributed by atoms with van der Waals surface area (Å²) in [6.07, 6.45) is 2.40. The van der Waals surface area contributed by atoms with Crippen molar-refractivity contribution in [3.63, 3.8) is 0 Å². The van der Waals surface area contributed by atoms with Crippen LogP contribution < -0.4 is 21.9 Å². The standard InChI is InChI=1S/C33H33N11O10S3.ClH/c1-33(2,30(53)40-39-24(48)13-6-7-18(46)19(47)8-13)54-42-21(17-12-57-31(34)35-17)25(49)38-22-26(50)43-23(29(51)52)14(11-56-28(22)43)10-55-27-15-4-3-5-16(15)36-32-37-20(9-45)41-44(27)32;/h6-8,12,22,28,45-47H,3-5,9-11H2,1-2H3,(H2,34,35)(H,38,49)(H,39,48)(H,40,53)(H,51,52);1H/t22?,28-;/m0./s1. The maximum Gasteiger partial charge on any atom is 0.352 e. The number of aromatic hydroxyl groups is 2. The van der Waals surface area contributed by atoms with E-state index in [0.717, 1.165) is 63.9 Å². The number of hydrogen-bond donors (Lipinski definition) is 8. The number of thioether (sulfide) groups is 2. The minimum absolute atomic E-state index is 0. The number of phenolic OH excluding ortho intramolecular Hbond substituents is 2. The van der Waals surface area contributed by atoms with Crippen molar-refractivity contribution < 1.29 is 49.2 Å². The van der Waals surface area contributed by atoms with Gasteiger partial charge in [0.1, 0.15) is 34.4 Å². The normalized spacial score (nSPS) is 17.5. The highest BCUT2D eigenvalue weighted by atomic mass is 35.5. The Bertz CT molecular complexity index is 2420. The summed E-state index contributed by atoms with van der Waals surface area (Å²) in [5, 5.41) is 51.4. The van der Waals surface area contributed by atoms with Gasteiger partial charge in [-0.3, -0.25) is 34.9 Å². The number of carbonyl (C=O) groups is 5. The fourth-order valence-electron chi connectivity index (χ4n) is 6.06. The van der Waals surface area contributed by atoms with Gasteiger partial charge in [-0.2, -0.15) is 9.50 Å². The molecular formula is C33H34ClN11O10S3. The molecule has 5 heterocycles. The number of β-lactam (4-membered cyclic amide) rings is 1. The van der Waals surface area contributed by atoms with E-state index in [9.17, 15) is 44.4 Å². The van der Waals surface area contributed by atoms with Crippen molar-refractivity contribution in [1.29, 1.82) is 0 Å². The molecule has 3 aromatic heterocycles. The first-order valence-corrected chi connectivity index (χ1v) is 19.9. The van der Waals surface area contributed by atoms with Crippen LogP contribution in [0.3, 0.4) is 0 Å². The SMILES string of the molecule is CC(C)(ON=C(C(=O)NC1C(=O)N2C(C(=O)O)=C(CSc3c4c(nc5nc(CO)nn35)CCC4)CS[C@@H]12)c1csc(N)n1)C(=O)NNC(=O)c1ccc(O)c(O)c1.Cl. The predicted octanol–water partition coefficient (Wildman–Crippen LogP) is 0.468. The minimum Gasteiger partial charge on any atom is -0.504 e. The van der Waals surface area contributed by atoms with Crippen LogP contribution in [0.25, 0.3) is 5.78 Å². The van der Waals surface area contributed by atoms with Crippen LogP contribution in [0, 0.1) is 0 Å². The third-order valence-corrected chi connectivity index (χ3v) is 12.2. The number of benzene rings is 1. The lowest BCUT2D eigenvalue weighted by atomic mass is 10.0. The third kappa shape index (κ3) is 8.05. The number of hydrazine groups is 1. The zero-order chi connectivity index (χ0) is 40.8. The van der Waals surface area contributed by atoms with E-state index in [4.69, 9.17) is 10.6 Å². The van der Waals surface area contributed by atoms with Crippen LogP contribution in [0.1, 0.15) is 53.4 Å². The first-order valence-electron chi connectivity index (χ1n) is 17.0. The highest BCUT2D eigenvalue weighted by Gasteiger charge is 2.54. The lowest BCUT2D eigenvalue weighted by molar-refractivity contribution is -0.150. The highest BCUT2D eigenvalue weighted by molar-refractivity contribution is 8.01. The van der Waals surface area contributed by atoms with Crippen molar-refractivity contribution in [2.75, 3.05) is 17.2 Å². The van der Waals surface area contributed by atoms with Gasteiger partial charge < -0.3 is 36.3 Å². The van der Waals surface area contributed by atoms with Gasteiger partial charge in [0.25, 0.3) is 29.4 Å². The predicted molar refractivity (Wildman–Crippen MR) is 210 cm³/mol. The number of oxime groups is 1. The number of phenols is 2. The molecule has 0 bridgehead atoms. The summed E-state index contributed by atoms with van der Waals surface area (Å²) in [6.45, 7) is 2.21. The molecule has 4 aromatic rings. The van der Waals surface area contributed by atoms with Crippen molar-refractivity contribution >= 4 is 93.5 Å². The number of halogens is 1. The molecule has 0 spiro atoms. The molecule has 1 aliphatic carbocycles. The van der Waals surface area contributed by atoms with E-state index >= 15 is 0 Å². The summed E-state index contributed by atoms with van der Waals surface area (Å²) in [5.41, 5.74) is 9.89. The van der Waals surface area contributed by atoms with Crippen molar-refractivity contribution in [2.24, 2.45) is 5.16 Å². The van der Waals surface area contributed by atoms with Crippen LogP contribution in [-0.2, 0) is 43.5 Å². The number of aryl methyl sites for hydroxylation is 1. The molecule has 1 aromatic carbocycles. The number of aliphatic hydroxyl groups is 1. The number of nitrogen functional groups attached to an aromatic ring is 1. The number of nitrogens with two attached hydrogens (primary N) is 1. The molecule has 2 aliphatic heterocycles. The minimum atomic E-state index is -1.81. The van der Waals surface area contributed by atoms with Gasteiger partial charge in [0.05, 0.1) is 5.69 Å². The number of amides is 4. The summed E-state index contributed by atoms with van der Waals surface area (Å²) in [6, 6.07) is 2.13. The highest BCUT2D eigenvalue weighted by Crippen LogP contribution is 2.42. The maximum absolute atomic E-state index is 13.7. The molecule has 306 valence electrons. The molecule has 0 radical (unpaired) electrons. The second-order valence-corrected chi connectivity index (χ2v) is 16.2. The van der Waals surface area contributed by atoms with Gasteiger partial charge in [-0.25, -0.2) is 14.8 Å². The largest absolute Gasteiger partial charge is 0.504 e. The number of hydrogen-bond acceptors (Lipinski definition) is 18. The number of nitrogens with zero attached hydrogens (tertiary/aromatic N) is 7. The number of rotatable bonds is 12. The molecular weight excluding hydrogens is 842 g/mol. The molecule has 21 nitrogen and oxygen atoms in total. The summed E-state index contributed by atoms with van der Waals surface area (Å²) >= 11 is 3.60. The summed E-state index contributed by atoms with van der Waals surface area (Å²) in [5.74, 6) is -4.66. The van der Waals surface area contributed by atoms with E-state index in [0.29, 0.717) is 11.4 Å². The fraction of sp³-hybridized carbons (Fsp3) is 0.333. The number of fused-ring (bicyclic) bond motifs is 3. The zero-order valence-corrected chi connectivity index (χ0v) is 33.6. The molecule has 7 rings (SSSR count). The lowest BCUT2D eigenvalue weighted by Gasteiger charge is -2.49. The number of aliphatic carboxylic acids is 1. The average molecular weight is 876 g/mol. The van der Waals surface area contributed by atoms with Crippen molar-refractivity contribution in [3.8, 4) is 11.5 Å². The van der Waals surface area contributed by atoms with Crippen LogP contribution in [-0.4, -0.2) is 114 Å². The lowest BCUT2D eigenvalue weighted by Crippen LogP contribution is -2.71. The number of anilines is 1. The van der Waals surface area contributed by atoms with E-state index in [1.54, 1.807) is 4.52 Å². The Kier molecular flexibility index (Phi) is 12.0. The molecule has 1 fully saturated rings. The first-order chi connectivity index (χ1) is 27.2. The van der Waals surface area contributed by atoms with E-state index in [1.807, 2.05) is 0 Å². The van der Waals surface area contributed by atoms with Crippen molar-refractivity contribution in [1.82, 2.24) is 45.6 Å². The summed E-state index contributed by atoms with van der Waals surface area (Å²) in [4.78, 5) is 84.9. The van der Waals surface area contributed by atoms with Crippen LogP contribution in [0.15, 0.2) is 45.0 Å². The number of nitrogens with one attached hydrogen (secondary N) is 3.